The van der Waals surface area contributed by atoms with Crippen LogP contribution in [0.3, 0.4) is 0 Å². The lowest BCUT2D eigenvalue weighted by Crippen LogP contribution is -2.34. The van der Waals surface area contributed by atoms with Crippen molar-refractivity contribution in [1.82, 2.24) is 24.6 Å². The van der Waals surface area contributed by atoms with Crippen LogP contribution in [0.25, 0.3) is 16.5 Å². The summed E-state index contributed by atoms with van der Waals surface area (Å²) in [5.74, 6) is 1.01. The van der Waals surface area contributed by atoms with Gasteiger partial charge in [-0.15, -0.1) is 5.10 Å². The molecule has 1 aliphatic heterocycles. The van der Waals surface area contributed by atoms with Gasteiger partial charge in [0, 0.05) is 42.2 Å². The molecule has 0 spiro atoms. The summed E-state index contributed by atoms with van der Waals surface area (Å²) in [4.78, 5) is 22.5. The van der Waals surface area contributed by atoms with Crippen molar-refractivity contribution in [3.05, 3.63) is 87.9 Å². The van der Waals surface area contributed by atoms with Crippen LogP contribution in [0.2, 0.25) is 0 Å². The van der Waals surface area contributed by atoms with E-state index in [0.29, 0.717) is 0 Å². The number of H-pyrrole nitrogens is 1. The average Bonchev–Trinajstić information content (AvgIpc) is 3.17. The summed E-state index contributed by atoms with van der Waals surface area (Å²) in [6, 6.07) is 14.5. The van der Waals surface area contributed by atoms with Crippen molar-refractivity contribution in [1.29, 1.82) is 0 Å². The van der Waals surface area contributed by atoms with Crippen LogP contribution in [-0.4, -0.2) is 37.7 Å². The number of aromatic amines is 1. The van der Waals surface area contributed by atoms with Crippen molar-refractivity contribution in [3.63, 3.8) is 0 Å². The van der Waals surface area contributed by atoms with Crippen LogP contribution < -0.4 is 5.69 Å². The fraction of sp³-hybridized carbons (Fsp3) is 0.320. The smallest absolute Gasteiger partial charge is 0.298 e. The van der Waals surface area contributed by atoms with Crippen LogP contribution in [-0.2, 0) is 6.54 Å². The third-order valence-electron chi connectivity index (χ3n) is 6.31. The summed E-state index contributed by atoms with van der Waals surface area (Å²) in [6.45, 7) is 7.23. The first-order valence-corrected chi connectivity index (χ1v) is 10.9. The molecular formula is C25H27N5O. The highest BCUT2D eigenvalue weighted by Gasteiger charge is 2.25. The number of likely N-dealkylation sites (tertiary alicyclic amines) is 1. The van der Waals surface area contributed by atoms with Gasteiger partial charge in [-0.1, -0.05) is 35.9 Å². The first-order valence-electron chi connectivity index (χ1n) is 10.9. The Labute approximate surface area is 181 Å². The highest BCUT2D eigenvalue weighted by atomic mass is 16.1. The minimum Gasteiger partial charge on any atom is -0.298 e. The van der Waals surface area contributed by atoms with Crippen molar-refractivity contribution in [2.24, 2.45) is 0 Å². The molecule has 6 nitrogen and oxygen atoms in total. The summed E-state index contributed by atoms with van der Waals surface area (Å²) >= 11 is 0. The van der Waals surface area contributed by atoms with Gasteiger partial charge in [0.1, 0.15) is 5.82 Å². The Hall–Kier alpha value is -3.25. The number of hydrogen-bond donors (Lipinski definition) is 1. The summed E-state index contributed by atoms with van der Waals surface area (Å²) < 4.78 is 1.50. The number of benzene rings is 2. The molecule has 3 heterocycles. The molecule has 5 rings (SSSR count). The first-order chi connectivity index (χ1) is 15.1. The number of fused-ring (bicyclic) bond motifs is 1. The molecule has 31 heavy (non-hydrogen) atoms. The second kappa shape index (κ2) is 8.12. The minimum absolute atomic E-state index is 0.189. The van der Waals surface area contributed by atoms with E-state index in [2.05, 4.69) is 46.9 Å². The van der Waals surface area contributed by atoms with Gasteiger partial charge in [0.05, 0.1) is 5.69 Å². The predicted octanol–water partition coefficient (Wildman–Crippen LogP) is 4.11. The van der Waals surface area contributed by atoms with E-state index in [4.69, 9.17) is 5.10 Å². The number of aromatic nitrogens is 4. The van der Waals surface area contributed by atoms with Crippen molar-refractivity contribution in [3.8, 4) is 5.69 Å². The van der Waals surface area contributed by atoms with E-state index < -0.39 is 0 Å². The summed E-state index contributed by atoms with van der Waals surface area (Å²) in [6.07, 6.45) is 5.69. The molecule has 1 saturated heterocycles. The second-order valence-electron chi connectivity index (χ2n) is 8.61. The van der Waals surface area contributed by atoms with Gasteiger partial charge in [-0.2, -0.15) is 4.68 Å². The minimum atomic E-state index is -0.189. The maximum Gasteiger partial charge on any atom is 0.348 e. The molecule has 1 atom stereocenters. The van der Waals surface area contributed by atoms with Gasteiger partial charge >= 0.3 is 5.69 Å². The molecule has 2 aromatic heterocycles. The molecule has 4 aromatic rings. The Bertz CT molecular complexity index is 1280. The highest BCUT2D eigenvalue weighted by Crippen LogP contribution is 2.27. The van der Waals surface area contributed by atoms with E-state index in [0.717, 1.165) is 54.8 Å². The molecule has 158 valence electrons. The number of nitrogens with one attached hydrogen (secondary N) is 1. The zero-order valence-electron chi connectivity index (χ0n) is 18.0. The lowest BCUT2D eigenvalue weighted by atomic mass is 9.96. The third-order valence-corrected chi connectivity index (χ3v) is 6.31. The van der Waals surface area contributed by atoms with Crippen molar-refractivity contribution in [2.75, 3.05) is 13.1 Å². The Morgan fingerprint density at radius 3 is 2.94 bits per heavy atom. The van der Waals surface area contributed by atoms with Crippen molar-refractivity contribution in [2.45, 2.75) is 39.2 Å². The van der Waals surface area contributed by atoms with Crippen molar-refractivity contribution < 1.29 is 0 Å². The van der Waals surface area contributed by atoms with E-state index in [1.54, 1.807) is 6.20 Å². The topological polar surface area (TPSA) is 66.8 Å². The normalized spacial score (nSPS) is 17.3. The highest BCUT2D eigenvalue weighted by molar-refractivity contribution is 5.89. The molecule has 0 bridgehead atoms. The van der Waals surface area contributed by atoms with Gasteiger partial charge in [0.15, 0.2) is 0 Å². The number of nitrogens with zero attached hydrogens (tertiary/aromatic N) is 4. The molecular weight excluding hydrogens is 386 g/mol. The van der Waals surface area contributed by atoms with E-state index in [1.165, 1.54) is 21.4 Å². The lowest BCUT2D eigenvalue weighted by molar-refractivity contribution is 0.196. The Morgan fingerprint density at radius 1 is 1.16 bits per heavy atom. The standard InChI is InChI=1S/C25H27N5O/c1-17-8-9-20(18(2)13-17)15-29-12-4-6-21(16-29)24-27-25(31)30(28-24)23-7-3-5-19-14-26-11-10-22(19)23/h3,5,7-11,13-14,21H,4,6,12,15-16H2,1-2H3,(H,27,28,31). The Morgan fingerprint density at radius 2 is 2.06 bits per heavy atom. The molecule has 0 amide bonds. The Balaban J connectivity index is 1.40. The summed E-state index contributed by atoms with van der Waals surface area (Å²) in [5, 5.41) is 6.69. The van der Waals surface area contributed by atoms with E-state index in [9.17, 15) is 4.79 Å². The number of aryl methyl sites for hydroxylation is 2. The molecule has 2 aromatic carbocycles. The zero-order valence-corrected chi connectivity index (χ0v) is 18.0. The van der Waals surface area contributed by atoms with E-state index in [-0.39, 0.29) is 11.6 Å². The van der Waals surface area contributed by atoms with Gasteiger partial charge in [0.25, 0.3) is 0 Å². The quantitative estimate of drug-likeness (QED) is 0.547. The monoisotopic (exact) mass is 413 g/mol. The predicted molar refractivity (Wildman–Crippen MR) is 123 cm³/mol. The maximum absolute atomic E-state index is 12.8. The van der Waals surface area contributed by atoms with Gasteiger partial charge in [-0.05, 0) is 56.5 Å². The molecule has 1 aliphatic rings. The number of hydrogen-bond acceptors (Lipinski definition) is 4. The number of rotatable bonds is 4. The number of piperidine rings is 1. The third kappa shape index (κ3) is 3.91. The SMILES string of the molecule is Cc1ccc(CN2CCCC(c3nn(-c4cccc5cnccc45)c(=O)[nH]3)C2)c(C)c1. The Kier molecular flexibility index (Phi) is 5.16. The fourth-order valence-electron chi connectivity index (χ4n) is 4.66. The van der Waals surface area contributed by atoms with Gasteiger partial charge in [-0.3, -0.25) is 14.9 Å². The molecule has 1 unspecified atom stereocenters. The molecule has 6 heteroatoms. The van der Waals surface area contributed by atoms with Crippen molar-refractivity contribution >= 4 is 10.8 Å². The largest absolute Gasteiger partial charge is 0.348 e. The molecule has 1 fully saturated rings. The van der Waals surface area contributed by atoms with Crippen LogP contribution in [0, 0.1) is 13.8 Å². The first kappa shape index (κ1) is 19.7. The molecule has 0 radical (unpaired) electrons. The lowest BCUT2D eigenvalue weighted by Gasteiger charge is -2.32. The van der Waals surface area contributed by atoms with E-state index >= 15 is 0 Å². The molecule has 0 saturated carbocycles. The average molecular weight is 414 g/mol. The molecule has 0 aliphatic carbocycles. The summed E-state index contributed by atoms with van der Waals surface area (Å²) in [7, 11) is 0. The van der Waals surface area contributed by atoms with Gasteiger partial charge in [0.2, 0.25) is 0 Å². The summed E-state index contributed by atoms with van der Waals surface area (Å²) in [5.41, 5.74) is 4.60. The van der Waals surface area contributed by atoms with Gasteiger partial charge in [-0.25, -0.2) is 4.79 Å². The van der Waals surface area contributed by atoms with Crippen LogP contribution in [0.1, 0.15) is 41.3 Å². The van der Waals surface area contributed by atoms with Crippen LogP contribution >= 0.6 is 0 Å². The maximum atomic E-state index is 12.8. The second-order valence-corrected chi connectivity index (χ2v) is 8.61. The molecule has 1 N–H and O–H groups in total. The van der Waals surface area contributed by atoms with Crippen LogP contribution in [0.15, 0.2) is 59.7 Å². The van der Waals surface area contributed by atoms with Gasteiger partial charge < -0.3 is 0 Å². The fourth-order valence-corrected chi connectivity index (χ4v) is 4.66. The van der Waals surface area contributed by atoms with Crippen LogP contribution in [0.5, 0.6) is 0 Å². The van der Waals surface area contributed by atoms with Crippen LogP contribution in [0.4, 0.5) is 0 Å². The number of pyridine rings is 1. The van der Waals surface area contributed by atoms with E-state index in [1.807, 2.05) is 30.5 Å². The zero-order chi connectivity index (χ0) is 21.4.